The Labute approximate surface area is 129 Å². The number of hydrogen-bond acceptors (Lipinski definition) is 2. The van der Waals surface area contributed by atoms with E-state index in [4.69, 9.17) is 9.47 Å². The largest absolute Gasteiger partial charge is 0.491 e. The number of ether oxygens (including phenoxy) is 2. The standard InChI is InChI=1S/C19H28O2/c1-2-3-4-5-6-7-8-9-12-17-13-10-11-14-19(17)21-16-18-15-20-18/h2-3,10-11,13-14,18H,4-9,12,15-16H2,1H3/b3-2+. The fourth-order valence-electron chi connectivity index (χ4n) is 2.47. The molecule has 1 unspecified atom stereocenters. The minimum atomic E-state index is 0.329. The van der Waals surface area contributed by atoms with Gasteiger partial charge in [-0.25, -0.2) is 0 Å². The zero-order valence-electron chi connectivity index (χ0n) is 13.2. The summed E-state index contributed by atoms with van der Waals surface area (Å²) >= 11 is 0. The van der Waals surface area contributed by atoms with Gasteiger partial charge in [0.1, 0.15) is 18.5 Å². The predicted octanol–water partition coefficient (Wildman–Crippen LogP) is 4.92. The van der Waals surface area contributed by atoms with Crippen molar-refractivity contribution >= 4 is 0 Å². The van der Waals surface area contributed by atoms with E-state index in [1.54, 1.807) is 0 Å². The normalized spacial score (nSPS) is 17.3. The zero-order chi connectivity index (χ0) is 14.8. The number of hydrogen-bond donors (Lipinski definition) is 0. The van der Waals surface area contributed by atoms with Gasteiger partial charge in [0.05, 0.1) is 6.61 Å². The molecule has 1 aliphatic heterocycles. The van der Waals surface area contributed by atoms with Crippen LogP contribution in [0.1, 0.15) is 51.0 Å². The van der Waals surface area contributed by atoms with Gasteiger partial charge in [0.15, 0.2) is 0 Å². The van der Waals surface area contributed by atoms with Crippen molar-refractivity contribution < 1.29 is 9.47 Å². The SMILES string of the molecule is C/C=C/CCCCCCCc1ccccc1OCC1CO1. The van der Waals surface area contributed by atoms with Crippen LogP contribution in [-0.4, -0.2) is 19.3 Å². The molecule has 0 N–H and O–H groups in total. The molecular formula is C19H28O2. The quantitative estimate of drug-likeness (QED) is 0.327. The maximum absolute atomic E-state index is 5.85. The minimum absolute atomic E-state index is 0.329. The van der Waals surface area contributed by atoms with Gasteiger partial charge in [-0.2, -0.15) is 0 Å². The van der Waals surface area contributed by atoms with E-state index in [1.807, 2.05) is 6.07 Å². The second-order valence-electron chi connectivity index (χ2n) is 5.75. The number of rotatable bonds is 11. The summed E-state index contributed by atoms with van der Waals surface area (Å²) in [6.07, 6.45) is 13.7. The van der Waals surface area contributed by atoms with Crippen molar-refractivity contribution in [2.45, 2.75) is 58.0 Å². The Morgan fingerprint density at radius 3 is 2.71 bits per heavy atom. The van der Waals surface area contributed by atoms with E-state index in [1.165, 1.54) is 44.1 Å². The number of benzene rings is 1. The van der Waals surface area contributed by atoms with Crippen LogP contribution in [0.3, 0.4) is 0 Å². The first-order valence-corrected chi connectivity index (χ1v) is 8.33. The van der Waals surface area contributed by atoms with Gasteiger partial charge in [-0.15, -0.1) is 0 Å². The smallest absolute Gasteiger partial charge is 0.122 e. The molecule has 0 saturated carbocycles. The van der Waals surface area contributed by atoms with Crippen LogP contribution in [0.5, 0.6) is 5.75 Å². The van der Waals surface area contributed by atoms with Gasteiger partial charge in [-0.3, -0.25) is 0 Å². The molecule has 0 bridgehead atoms. The molecule has 0 radical (unpaired) electrons. The minimum Gasteiger partial charge on any atom is -0.491 e. The van der Waals surface area contributed by atoms with Crippen molar-refractivity contribution in [3.63, 3.8) is 0 Å². The van der Waals surface area contributed by atoms with E-state index in [2.05, 4.69) is 37.3 Å². The van der Waals surface area contributed by atoms with Gasteiger partial charge < -0.3 is 9.47 Å². The molecule has 2 rings (SSSR count). The Balaban J connectivity index is 1.60. The molecule has 1 saturated heterocycles. The third-order valence-electron chi connectivity index (χ3n) is 3.85. The van der Waals surface area contributed by atoms with Gasteiger partial charge in [-0.05, 0) is 44.2 Å². The number of unbranched alkanes of at least 4 members (excludes halogenated alkanes) is 5. The van der Waals surface area contributed by atoms with Crippen LogP contribution in [0.2, 0.25) is 0 Å². The third-order valence-corrected chi connectivity index (χ3v) is 3.85. The number of allylic oxidation sites excluding steroid dienone is 2. The van der Waals surface area contributed by atoms with E-state index in [-0.39, 0.29) is 0 Å². The summed E-state index contributed by atoms with van der Waals surface area (Å²) in [5.74, 6) is 1.04. The number of aryl methyl sites for hydroxylation is 1. The highest BCUT2D eigenvalue weighted by Crippen LogP contribution is 2.22. The average molecular weight is 288 g/mol. The van der Waals surface area contributed by atoms with Crippen LogP contribution in [0.15, 0.2) is 36.4 Å². The fourth-order valence-corrected chi connectivity index (χ4v) is 2.47. The van der Waals surface area contributed by atoms with E-state index < -0.39 is 0 Å². The van der Waals surface area contributed by atoms with Crippen LogP contribution in [-0.2, 0) is 11.2 Å². The lowest BCUT2D eigenvalue weighted by molar-refractivity contribution is 0.261. The Morgan fingerprint density at radius 2 is 1.90 bits per heavy atom. The molecule has 116 valence electrons. The molecule has 2 heteroatoms. The van der Waals surface area contributed by atoms with Crippen molar-refractivity contribution in [2.75, 3.05) is 13.2 Å². The topological polar surface area (TPSA) is 21.8 Å². The second kappa shape index (κ2) is 9.62. The van der Waals surface area contributed by atoms with Crippen LogP contribution in [0.4, 0.5) is 0 Å². The van der Waals surface area contributed by atoms with Crippen LogP contribution >= 0.6 is 0 Å². The molecule has 1 aromatic rings. The van der Waals surface area contributed by atoms with Gasteiger partial charge in [-0.1, -0.05) is 49.6 Å². The lowest BCUT2D eigenvalue weighted by Gasteiger charge is -2.10. The summed E-state index contributed by atoms with van der Waals surface area (Å²) in [5.41, 5.74) is 1.34. The number of epoxide rings is 1. The molecule has 2 nitrogen and oxygen atoms in total. The molecule has 0 aliphatic carbocycles. The van der Waals surface area contributed by atoms with Crippen molar-refractivity contribution in [3.8, 4) is 5.75 Å². The first kappa shape index (κ1) is 16.1. The van der Waals surface area contributed by atoms with Crippen molar-refractivity contribution in [3.05, 3.63) is 42.0 Å². The average Bonchev–Trinajstić information content (AvgIpc) is 3.33. The molecular weight excluding hydrogens is 260 g/mol. The van der Waals surface area contributed by atoms with E-state index in [0.717, 1.165) is 18.8 Å². The second-order valence-corrected chi connectivity index (χ2v) is 5.75. The fraction of sp³-hybridized carbons (Fsp3) is 0.579. The molecule has 0 aromatic heterocycles. The Morgan fingerprint density at radius 1 is 1.14 bits per heavy atom. The Hall–Kier alpha value is -1.28. The lowest BCUT2D eigenvalue weighted by atomic mass is 10.0. The molecule has 1 atom stereocenters. The maximum atomic E-state index is 5.85. The summed E-state index contributed by atoms with van der Waals surface area (Å²) in [5, 5.41) is 0. The molecule has 0 spiro atoms. The third kappa shape index (κ3) is 6.81. The Kier molecular flexibility index (Phi) is 7.37. The highest BCUT2D eigenvalue weighted by molar-refractivity contribution is 5.33. The number of para-hydroxylation sites is 1. The molecule has 1 heterocycles. The van der Waals surface area contributed by atoms with Crippen LogP contribution in [0.25, 0.3) is 0 Å². The van der Waals surface area contributed by atoms with Crippen LogP contribution < -0.4 is 4.74 Å². The van der Waals surface area contributed by atoms with Gasteiger partial charge in [0.2, 0.25) is 0 Å². The van der Waals surface area contributed by atoms with Crippen molar-refractivity contribution in [2.24, 2.45) is 0 Å². The zero-order valence-corrected chi connectivity index (χ0v) is 13.2. The summed E-state index contributed by atoms with van der Waals surface area (Å²) < 4.78 is 11.0. The Bertz CT molecular complexity index is 421. The highest BCUT2D eigenvalue weighted by atomic mass is 16.6. The molecule has 0 amide bonds. The van der Waals surface area contributed by atoms with Crippen molar-refractivity contribution in [1.29, 1.82) is 0 Å². The van der Waals surface area contributed by atoms with E-state index in [9.17, 15) is 0 Å². The van der Waals surface area contributed by atoms with Crippen LogP contribution in [0, 0.1) is 0 Å². The van der Waals surface area contributed by atoms with E-state index in [0.29, 0.717) is 12.7 Å². The summed E-state index contributed by atoms with van der Waals surface area (Å²) in [4.78, 5) is 0. The summed E-state index contributed by atoms with van der Waals surface area (Å²) in [7, 11) is 0. The van der Waals surface area contributed by atoms with Gasteiger partial charge in [0, 0.05) is 0 Å². The first-order valence-electron chi connectivity index (χ1n) is 8.33. The summed E-state index contributed by atoms with van der Waals surface area (Å²) in [6, 6.07) is 8.42. The van der Waals surface area contributed by atoms with Gasteiger partial charge >= 0.3 is 0 Å². The summed E-state index contributed by atoms with van der Waals surface area (Å²) in [6.45, 7) is 3.65. The highest BCUT2D eigenvalue weighted by Gasteiger charge is 2.23. The molecule has 1 fully saturated rings. The van der Waals surface area contributed by atoms with E-state index >= 15 is 0 Å². The maximum Gasteiger partial charge on any atom is 0.122 e. The molecule has 1 aromatic carbocycles. The predicted molar refractivity (Wildman–Crippen MR) is 87.9 cm³/mol. The van der Waals surface area contributed by atoms with Crippen molar-refractivity contribution in [1.82, 2.24) is 0 Å². The molecule has 21 heavy (non-hydrogen) atoms. The molecule has 1 aliphatic rings. The van der Waals surface area contributed by atoms with Gasteiger partial charge in [0.25, 0.3) is 0 Å². The monoisotopic (exact) mass is 288 g/mol. The lowest BCUT2D eigenvalue weighted by Crippen LogP contribution is -2.05. The first-order chi connectivity index (χ1) is 10.4.